The Bertz CT molecular complexity index is 560. The summed E-state index contributed by atoms with van der Waals surface area (Å²) in [6.07, 6.45) is 2.95. The van der Waals surface area contributed by atoms with Gasteiger partial charge in [0.25, 0.3) is 0 Å². The molecule has 0 saturated carbocycles. The average Bonchev–Trinajstić information content (AvgIpc) is 2.85. The van der Waals surface area contributed by atoms with E-state index in [1.807, 2.05) is 24.3 Å². The first-order valence-corrected chi connectivity index (χ1v) is 5.77. The van der Waals surface area contributed by atoms with Gasteiger partial charge in [-0.25, -0.2) is 4.98 Å². The molecular formula is C13H12ClN3O. The molecule has 0 aliphatic carbocycles. The fraction of sp³-hybridized carbons (Fsp3) is 0.0769. The Morgan fingerprint density at radius 2 is 2.17 bits per heavy atom. The summed E-state index contributed by atoms with van der Waals surface area (Å²) in [7, 11) is 0. The summed E-state index contributed by atoms with van der Waals surface area (Å²) < 4.78 is 0. The van der Waals surface area contributed by atoms with Crippen LogP contribution in [0.2, 0.25) is 5.02 Å². The highest BCUT2D eigenvalue weighted by Gasteiger charge is 2.03. The van der Waals surface area contributed by atoms with Gasteiger partial charge >= 0.3 is 0 Å². The van der Waals surface area contributed by atoms with Gasteiger partial charge < -0.3 is 10.3 Å². The van der Waals surface area contributed by atoms with E-state index in [1.54, 1.807) is 6.20 Å². The van der Waals surface area contributed by atoms with E-state index < -0.39 is 0 Å². The molecule has 1 aromatic carbocycles. The molecule has 2 N–H and O–H groups in total. The topological polar surface area (TPSA) is 57.8 Å². The lowest BCUT2D eigenvalue weighted by Crippen LogP contribution is -2.20. The van der Waals surface area contributed by atoms with E-state index in [9.17, 15) is 4.79 Å². The van der Waals surface area contributed by atoms with Crippen LogP contribution in [-0.4, -0.2) is 15.9 Å². The van der Waals surface area contributed by atoms with Gasteiger partial charge in [0.1, 0.15) is 5.82 Å². The molecule has 5 heteroatoms. The molecule has 0 fully saturated rings. The molecule has 0 radical (unpaired) electrons. The summed E-state index contributed by atoms with van der Waals surface area (Å²) in [5.41, 5.74) is 1.88. The van der Waals surface area contributed by atoms with Crippen LogP contribution in [0.3, 0.4) is 0 Å². The third kappa shape index (κ3) is 2.99. The summed E-state index contributed by atoms with van der Waals surface area (Å²) in [4.78, 5) is 18.3. The van der Waals surface area contributed by atoms with Crippen molar-refractivity contribution in [2.75, 3.05) is 0 Å². The predicted molar refractivity (Wildman–Crippen MR) is 71.1 cm³/mol. The van der Waals surface area contributed by atoms with Crippen LogP contribution in [-0.2, 0) is 11.3 Å². The first-order valence-electron chi connectivity index (χ1n) is 5.39. The number of amides is 1. The quantitative estimate of drug-likeness (QED) is 0.831. The Morgan fingerprint density at radius 3 is 2.83 bits per heavy atom. The van der Waals surface area contributed by atoms with Crippen molar-refractivity contribution in [3.8, 4) is 11.3 Å². The highest BCUT2D eigenvalue weighted by Crippen LogP contribution is 2.19. The van der Waals surface area contributed by atoms with Crippen LogP contribution in [0, 0.1) is 0 Å². The van der Waals surface area contributed by atoms with Gasteiger partial charge in [0.2, 0.25) is 5.91 Å². The van der Waals surface area contributed by atoms with Gasteiger partial charge in [0.15, 0.2) is 0 Å². The molecule has 0 aliphatic heterocycles. The van der Waals surface area contributed by atoms with Crippen molar-refractivity contribution < 1.29 is 4.79 Å². The maximum Gasteiger partial charge on any atom is 0.243 e. The first-order chi connectivity index (χ1) is 8.69. The highest BCUT2D eigenvalue weighted by molar-refractivity contribution is 6.30. The smallest absolute Gasteiger partial charge is 0.243 e. The Labute approximate surface area is 110 Å². The second-order valence-corrected chi connectivity index (χ2v) is 4.11. The van der Waals surface area contributed by atoms with Gasteiger partial charge in [-0.15, -0.1) is 0 Å². The fourth-order valence-electron chi connectivity index (χ4n) is 1.47. The average molecular weight is 262 g/mol. The Balaban J connectivity index is 2.08. The summed E-state index contributed by atoms with van der Waals surface area (Å²) in [5, 5.41) is 3.34. The maximum atomic E-state index is 11.0. The number of H-pyrrole nitrogens is 1. The zero-order valence-corrected chi connectivity index (χ0v) is 10.4. The number of rotatable bonds is 4. The lowest BCUT2D eigenvalue weighted by Gasteiger charge is -1.99. The van der Waals surface area contributed by atoms with Crippen molar-refractivity contribution in [1.82, 2.24) is 15.3 Å². The molecule has 0 spiro atoms. The van der Waals surface area contributed by atoms with Crippen LogP contribution in [0.4, 0.5) is 0 Å². The van der Waals surface area contributed by atoms with E-state index in [2.05, 4.69) is 21.9 Å². The number of imidazole rings is 1. The van der Waals surface area contributed by atoms with Crippen LogP contribution >= 0.6 is 11.6 Å². The number of benzene rings is 1. The summed E-state index contributed by atoms with van der Waals surface area (Å²) >= 11 is 5.82. The minimum Gasteiger partial charge on any atom is -0.345 e. The van der Waals surface area contributed by atoms with E-state index >= 15 is 0 Å². The highest BCUT2D eigenvalue weighted by atomic mass is 35.5. The zero-order valence-electron chi connectivity index (χ0n) is 9.61. The summed E-state index contributed by atoms with van der Waals surface area (Å²) in [6.45, 7) is 3.72. The molecule has 0 unspecified atom stereocenters. The number of carbonyl (C=O) groups excluding carboxylic acids is 1. The standard InChI is InChI=1S/C13H12ClN3O/c1-2-13(18)16-8-12-15-7-11(17-12)9-3-5-10(14)6-4-9/h2-7H,1,8H2,(H,15,17)(H,16,18). The van der Waals surface area contributed by atoms with Gasteiger partial charge in [-0.2, -0.15) is 0 Å². The number of nitrogens with one attached hydrogen (secondary N) is 2. The molecule has 2 rings (SSSR count). The van der Waals surface area contributed by atoms with E-state index in [1.165, 1.54) is 6.08 Å². The molecule has 4 nitrogen and oxygen atoms in total. The van der Waals surface area contributed by atoms with Crippen molar-refractivity contribution in [1.29, 1.82) is 0 Å². The Morgan fingerprint density at radius 1 is 1.44 bits per heavy atom. The monoisotopic (exact) mass is 261 g/mol. The third-order valence-corrected chi connectivity index (χ3v) is 2.65. The number of halogens is 1. The van der Waals surface area contributed by atoms with Gasteiger partial charge in [-0.05, 0) is 23.8 Å². The number of nitrogens with zero attached hydrogens (tertiary/aromatic N) is 1. The number of carbonyl (C=O) groups is 1. The molecule has 18 heavy (non-hydrogen) atoms. The molecule has 0 atom stereocenters. The van der Waals surface area contributed by atoms with Crippen molar-refractivity contribution in [3.63, 3.8) is 0 Å². The van der Waals surface area contributed by atoms with Crippen LogP contribution in [0.5, 0.6) is 0 Å². The van der Waals surface area contributed by atoms with Gasteiger partial charge in [0, 0.05) is 5.02 Å². The SMILES string of the molecule is C=CC(=O)NCc1ncc(-c2ccc(Cl)cc2)[nH]1. The lowest BCUT2D eigenvalue weighted by atomic mass is 10.2. The van der Waals surface area contributed by atoms with Crippen LogP contribution < -0.4 is 5.32 Å². The van der Waals surface area contributed by atoms with Crippen molar-refractivity contribution in [2.45, 2.75) is 6.54 Å². The van der Waals surface area contributed by atoms with Gasteiger partial charge in [0.05, 0.1) is 18.4 Å². The largest absolute Gasteiger partial charge is 0.345 e. The molecule has 0 saturated heterocycles. The van der Waals surface area contributed by atoms with E-state index in [4.69, 9.17) is 11.6 Å². The lowest BCUT2D eigenvalue weighted by molar-refractivity contribution is -0.116. The van der Waals surface area contributed by atoms with Crippen molar-refractivity contribution in [3.05, 3.63) is 54.0 Å². The van der Waals surface area contributed by atoms with E-state index in [0.717, 1.165) is 11.3 Å². The Hall–Kier alpha value is -2.07. The second kappa shape index (κ2) is 5.51. The molecule has 0 aliphatic rings. The van der Waals surface area contributed by atoms with E-state index in [0.29, 0.717) is 17.4 Å². The number of hydrogen-bond acceptors (Lipinski definition) is 2. The van der Waals surface area contributed by atoms with Crippen molar-refractivity contribution >= 4 is 17.5 Å². The summed E-state index contributed by atoms with van der Waals surface area (Å²) in [6, 6.07) is 7.44. The molecule has 1 heterocycles. The summed E-state index contributed by atoms with van der Waals surface area (Å²) in [5.74, 6) is 0.467. The number of aromatic nitrogens is 2. The molecule has 0 bridgehead atoms. The second-order valence-electron chi connectivity index (χ2n) is 3.67. The minimum absolute atomic E-state index is 0.223. The normalized spacial score (nSPS) is 10.1. The number of hydrogen-bond donors (Lipinski definition) is 2. The third-order valence-electron chi connectivity index (χ3n) is 2.40. The number of aromatic amines is 1. The van der Waals surface area contributed by atoms with Gasteiger partial charge in [-0.3, -0.25) is 4.79 Å². The van der Waals surface area contributed by atoms with Gasteiger partial charge in [-0.1, -0.05) is 30.3 Å². The van der Waals surface area contributed by atoms with Crippen molar-refractivity contribution in [2.24, 2.45) is 0 Å². The molecule has 1 aromatic heterocycles. The molecule has 2 aromatic rings. The molecule has 1 amide bonds. The van der Waals surface area contributed by atoms with Crippen LogP contribution in [0.15, 0.2) is 43.1 Å². The molecular weight excluding hydrogens is 250 g/mol. The zero-order chi connectivity index (χ0) is 13.0. The fourth-order valence-corrected chi connectivity index (χ4v) is 1.60. The molecule has 92 valence electrons. The van der Waals surface area contributed by atoms with E-state index in [-0.39, 0.29) is 5.91 Å². The van der Waals surface area contributed by atoms with Crippen LogP contribution in [0.1, 0.15) is 5.82 Å². The minimum atomic E-state index is -0.223. The van der Waals surface area contributed by atoms with Crippen LogP contribution in [0.25, 0.3) is 11.3 Å². The maximum absolute atomic E-state index is 11.0. The Kier molecular flexibility index (Phi) is 3.79. The predicted octanol–water partition coefficient (Wildman–Crippen LogP) is 2.53. The first kappa shape index (κ1) is 12.4.